The molecule has 0 radical (unpaired) electrons. The van der Waals surface area contributed by atoms with Gasteiger partial charge in [0.1, 0.15) is 5.56 Å². The van der Waals surface area contributed by atoms with Crippen molar-refractivity contribution in [3.8, 4) is 11.3 Å². The number of hydrogen-bond donors (Lipinski definition) is 2. The van der Waals surface area contributed by atoms with Gasteiger partial charge in [0.15, 0.2) is 5.78 Å². The molecule has 9 nitrogen and oxygen atoms in total. The summed E-state index contributed by atoms with van der Waals surface area (Å²) in [5.74, 6) is -0.485. The van der Waals surface area contributed by atoms with E-state index in [0.29, 0.717) is 6.20 Å². The van der Waals surface area contributed by atoms with Gasteiger partial charge in [-0.2, -0.15) is 13.2 Å². The van der Waals surface area contributed by atoms with Crippen LogP contribution >= 0.6 is 0 Å². The number of methoxy groups -OCH3 is 1. The van der Waals surface area contributed by atoms with Crippen LogP contribution in [0.2, 0.25) is 0 Å². The summed E-state index contributed by atoms with van der Waals surface area (Å²) >= 11 is 0. The number of nitrogens with one attached hydrogen (secondary N) is 2. The summed E-state index contributed by atoms with van der Waals surface area (Å²) < 4.78 is 68.8. The van der Waals surface area contributed by atoms with Crippen LogP contribution in [0, 0.1) is 0 Å². The van der Waals surface area contributed by atoms with Crippen LogP contribution in [0.1, 0.15) is 22.8 Å². The number of hydrogen-bond acceptors (Lipinski definition) is 7. The molecule has 13 heteroatoms. The maximum Gasteiger partial charge on any atom is 0.419 e. The number of carbonyl (C=O) groups is 2. The number of H-pyrrole nitrogens is 1. The van der Waals surface area contributed by atoms with Gasteiger partial charge in [0.25, 0.3) is 0 Å². The summed E-state index contributed by atoms with van der Waals surface area (Å²) in [4.78, 5) is 33.4. The minimum Gasteiger partial charge on any atom is -0.453 e. The lowest BCUT2D eigenvalue weighted by molar-refractivity contribution is -0.137. The first-order valence-electron chi connectivity index (χ1n) is 8.49. The Morgan fingerprint density at radius 2 is 1.90 bits per heavy atom. The van der Waals surface area contributed by atoms with Gasteiger partial charge in [0.2, 0.25) is 15.0 Å². The average Bonchev–Trinajstić information content (AvgIpc) is 3.09. The maximum absolute atomic E-state index is 13.6. The van der Waals surface area contributed by atoms with Gasteiger partial charge in [-0.3, -0.25) is 10.1 Å². The van der Waals surface area contributed by atoms with Gasteiger partial charge < -0.3 is 9.72 Å². The second-order valence-electron chi connectivity index (χ2n) is 6.47. The fourth-order valence-electron chi connectivity index (χ4n) is 2.98. The first-order chi connectivity index (χ1) is 14.3. The Labute approximate surface area is 173 Å². The van der Waals surface area contributed by atoms with Crippen molar-refractivity contribution in [1.82, 2.24) is 15.0 Å². The predicted octanol–water partition coefficient (Wildman–Crippen LogP) is 3.43. The van der Waals surface area contributed by atoms with Gasteiger partial charge in [-0.05, 0) is 13.0 Å². The van der Waals surface area contributed by atoms with Crippen molar-refractivity contribution < 1.29 is 35.9 Å². The lowest BCUT2D eigenvalue weighted by Gasteiger charge is -2.13. The molecule has 0 fully saturated rings. The van der Waals surface area contributed by atoms with E-state index in [-0.39, 0.29) is 27.7 Å². The normalized spacial score (nSPS) is 12.1. The smallest absolute Gasteiger partial charge is 0.419 e. The van der Waals surface area contributed by atoms with E-state index in [9.17, 15) is 31.2 Å². The lowest BCUT2D eigenvalue weighted by Crippen LogP contribution is -2.14. The number of sulfone groups is 1. The molecular formula is C18H15F3N4O5S. The van der Waals surface area contributed by atoms with Crippen LogP contribution in [0.25, 0.3) is 22.2 Å². The van der Waals surface area contributed by atoms with Crippen molar-refractivity contribution in [3.05, 3.63) is 35.7 Å². The Kier molecular flexibility index (Phi) is 5.48. The van der Waals surface area contributed by atoms with E-state index in [4.69, 9.17) is 0 Å². The Hall–Kier alpha value is -3.48. The molecule has 2 heterocycles. The van der Waals surface area contributed by atoms with Crippen molar-refractivity contribution in [1.29, 1.82) is 0 Å². The van der Waals surface area contributed by atoms with Gasteiger partial charge in [0.05, 0.1) is 29.6 Å². The maximum atomic E-state index is 13.6. The highest BCUT2D eigenvalue weighted by Crippen LogP contribution is 2.40. The van der Waals surface area contributed by atoms with Crippen LogP contribution < -0.4 is 5.32 Å². The number of aromatic nitrogens is 3. The van der Waals surface area contributed by atoms with Crippen molar-refractivity contribution >= 4 is 38.3 Å². The van der Waals surface area contributed by atoms with Crippen molar-refractivity contribution in [2.45, 2.75) is 18.3 Å². The molecule has 3 rings (SSSR count). The van der Waals surface area contributed by atoms with Crippen LogP contribution in [-0.4, -0.2) is 48.6 Å². The number of alkyl halides is 3. The summed E-state index contributed by atoms with van der Waals surface area (Å²) in [6.07, 6.45) is -3.38. The van der Waals surface area contributed by atoms with Crippen molar-refractivity contribution in [3.63, 3.8) is 0 Å². The molecule has 2 N–H and O–H groups in total. The Morgan fingerprint density at radius 3 is 2.45 bits per heavy atom. The molecule has 3 aromatic rings. The number of anilines is 1. The van der Waals surface area contributed by atoms with E-state index in [1.165, 1.54) is 25.3 Å². The molecule has 0 aliphatic rings. The van der Waals surface area contributed by atoms with E-state index in [1.807, 2.05) is 0 Å². The third-order valence-corrected chi connectivity index (χ3v) is 5.15. The second kappa shape index (κ2) is 7.65. The SMILES string of the molecule is COC(=O)Nc1ccc2c(-c3nc(S(C)(=O)=O)ncc3C(F)(F)F)c[nH]c2c1C(C)=O. The van der Waals surface area contributed by atoms with Gasteiger partial charge in [0, 0.05) is 29.6 Å². The van der Waals surface area contributed by atoms with Gasteiger partial charge in [-0.1, -0.05) is 6.07 Å². The standard InChI is InChI=1S/C18H15F3N4O5S/c1-8(26)13-12(24-17(27)30-2)5-4-9-10(6-22-15(9)13)14-11(18(19,20)21)7-23-16(25-14)31(3,28)29/h4-7,22H,1-3H3,(H,24,27). The second-order valence-corrected chi connectivity index (χ2v) is 8.38. The van der Waals surface area contributed by atoms with E-state index in [0.717, 1.165) is 13.4 Å². The first-order valence-corrected chi connectivity index (χ1v) is 10.4. The van der Waals surface area contributed by atoms with Crippen LogP contribution in [0.3, 0.4) is 0 Å². The first kappa shape index (κ1) is 22.2. The quantitative estimate of drug-likeness (QED) is 0.454. The average molecular weight is 456 g/mol. The summed E-state index contributed by atoms with van der Waals surface area (Å²) in [6, 6.07) is 2.68. The van der Waals surface area contributed by atoms with Crippen LogP contribution in [0.5, 0.6) is 0 Å². The van der Waals surface area contributed by atoms with Gasteiger partial charge >= 0.3 is 12.3 Å². The molecular weight excluding hydrogens is 441 g/mol. The zero-order valence-electron chi connectivity index (χ0n) is 16.3. The third kappa shape index (κ3) is 4.21. The fraction of sp³-hybridized carbons (Fsp3) is 0.222. The number of Topliss-reactive ketones (excluding diaryl/α,β-unsaturated/α-hetero) is 1. The zero-order valence-corrected chi connectivity index (χ0v) is 17.1. The largest absolute Gasteiger partial charge is 0.453 e. The molecule has 0 aliphatic heterocycles. The molecule has 0 spiro atoms. The highest BCUT2D eigenvalue weighted by atomic mass is 32.2. The summed E-state index contributed by atoms with van der Waals surface area (Å²) in [5.41, 5.74) is -1.80. The van der Waals surface area contributed by atoms with Crippen LogP contribution in [-0.2, 0) is 20.8 Å². The minimum absolute atomic E-state index is 0.0000938. The number of ketones is 1. The lowest BCUT2D eigenvalue weighted by atomic mass is 10.0. The molecule has 0 bridgehead atoms. The van der Waals surface area contributed by atoms with Crippen molar-refractivity contribution in [2.24, 2.45) is 0 Å². The van der Waals surface area contributed by atoms with E-state index in [1.54, 1.807) is 0 Å². The Bertz CT molecular complexity index is 1320. The van der Waals surface area contributed by atoms with E-state index >= 15 is 0 Å². The summed E-state index contributed by atoms with van der Waals surface area (Å²) in [7, 11) is -2.87. The summed E-state index contributed by atoms with van der Waals surface area (Å²) in [6.45, 7) is 1.21. The number of ether oxygens (including phenoxy) is 1. The van der Waals surface area contributed by atoms with Crippen LogP contribution in [0.4, 0.5) is 23.7 Å². The predicted molar refractivity (Wildman–Crippen MR) is 103 cm³/mol. The number of amides is 1. The third-order valence-electron chi connectivity index (χ3n) is 4.29. The molecule has 0 saturated heterocycles. The van der Waals surface area contributed by atoms with Gasteiger partial charge in [-0.25, -0.2) is 23.2 Å². The Balaban J connectivity index is 2.33. The molecule has 1 amide bonds. The molecule has 31 heavy (non-hydrogen) atoms. The number of benzene rings is 1. The molecule has 164 valence electrons. The highest BCUT2D eigenvalue weighted by molar-refractivity contribution is 7.90. The highest BCUT2D eigenvalue weighted by Gasteiger charge is 2.37. The molecule has 0 aliphatic carbocycles. The number of halogens is 3. The number of carbonyl (C=O) groups excluding carboxylic acids is 2. The minimum atomic E-state index is -4.87. The fourth-order valence-corrected chi connectivity index (χ4v) is 3.48. The number of rotatable bonds is 4. The van der Waals surface area contributed by atoms with Gasteiger partial charge in [-0.15, -0.1) is 0 Å². The number of aromatic amines is 1. The van der Waals surface area contributed by atoms with Crippen molar-refractivity contribution in [2.75, 3.05) is 18.7 Å². The molecule has 1 aromatic carbocycles. The number of fused-ring (bicyclic) bond motifs is 1. The summed E-state index contributed by atoms with van der Waals surface area (Å²) in [5, 5.41) is 1.74. The molecule has 0 atom stereocenters. The van der Waals surface area contributed by atoms with Crippen LogP contribution in [0.15, 0.2) is 29.7 Å². The molecule has 0 saturated carbocycles. The van der Waals surface area contributed by atoms with E-state index < -0.39 is 44.3 Å². The Morgan fingerprint density at radius 1 is 1.23 bits per heavy atom. The molecule has 2 aromatic heterocycles. The zero-order chi connectivity index (χ0) is 23.1. The molecule has 0 unspecified atom stereocenters. The topological polar surface area (TPSA) is 131 Å². The van der Waals surface area contributed by atoms with E-state index in [2.05, 4.69) is 25.0 Å². The monoisotopic (exact) mass is 456 g/mol. The number of nitrogens with zero attached hydrogens (tertiary/aromatic N) is 2.